The molecule has 1 aromatic carbocycles. The Morgan fingerprint density at radius 3 is 2.48 bits per heavy atom. The zero-order valence-corrected chi connectivity index (χ0v) is 16.3. The van der Waals surface area contributed by atoms with Crippen molar-refractivity contribution in [2.45, 2.75) is 58.4 Å². The van der Waals surface area contributed by atoms with Gasteiger partial charge in [0, 0.05) is 16.7 Å². The molecule has 2 nitrogen and oxygen atoms in total. The molecule has 25 heavy (non-hydrogen) atoms. The normalized spacial score (nSPS) is 12.3. The molecule has 1 N–H and O–H groups in total. The maximum absolute atomic E-state index is 11.4. The van der Waals surface area contributed by atoms with Crippen LogP contribution in [0.1, 0.15) is 60.9 Å². The largest absolute Gasteiger partial charge is 0.349 e. The van der Waals surface area contributed by atoms with Gasteiger partial charge in [-0.25, -0.2) is 0 Å². The van der Waals surface area contributed by atoms with E-state index in [2.05, 4.69) is 61.6 Å². The van der Waals surface area contributed by atoms with Crippen LogP contribution in [0.5, 0.6) is 0 Å². The fourth-order valence-corrected chi connectivity index (χ4v) is 4.18. The van der Waals surface area contributed by atoms with E-state index >= 15 is 0 Å². The molecule has 0 saturated carbocycles. The molecule has 2 rings (SSSR count). The summed E-state index contributed by atoms with van der Waals surface area (Å²) < 4.78 is 0. The highest BCUT2D eigenvalue weighted by Crippen LogP contribution is 2.29. The second kappa shape index (κ2) is 10.4. The number of unbranched alkanes of at least 4 members (excludes halogenated alkanes) is 2. The van der Waals surface area contributed by atoms with Crippen LogP contribution < -0.4 is 5.32 Å². The van der Waals surface area contributed by atoms with E-state index in [0.717, 1.165) is 12.8 Å². The first-order valence-corrected chi connectivity index (χ1v) is 10.1. The Bertz CT molecular complexity index is 632. The molecule has 0 aliphatic heterocycles. The van der Waals surface area contributed by atoms with Gasteiger partial charge in [-0.2, -0.15) is 0 Å². The lowest BCUT2D eigenvalue weighted by Crippen LogP contribution is -2.26. The van der Waals surface area contributed by atoms with Crippen molar-refractivity contribution in [1.29, 1.82) is 0 Å². The van der Waals surface area contributed by atoms with Crippen LogP contribution in [0, 0.1) is 12.8 Å². The quantitative estimate of drug-likeness (QED) is 0.540. The lowest BCUT2D eigenvalue weighted by atomic mass is 10.0. The molecule has 0 bridgehead atoms. The van der Waals surface area contributed by atoms with E-state index in [1.807, 2.05) is 11.3 Å². The van der Waals surface area contributed by atoms with Crippen molar-refractivity contribution in [2.24, 2.45) is 5.92 Å². The highest BCUT2D eigenvalue weighted by Gasteiger charge is 2.16. The van der Waals surface area contributed by atoms with Gasteiger partial charge >= 0.3 is 0 Å². The summed E-state index contributed by atoms with van der Waals surface area (Å²) >= 11 is 1.84. The van der Waals surface area contributed by atoms with E-state index < -0.39 is 0 Å². The summed E-state index contributed by atoms with van der Waals surface area (Å²) in [6.45, 7) is 7.74. The van der Waals surface area contributed by atoms with Gasteiger partial charge in [-0.1, -0.05) is 50.6 Å². The van der Waals surface area contributed by atoms with Crippen LogP contribution in [-0.2, 0) is 17.6 Å². The van der Waals surface area contributed by atoms with E-state index in [1.54, 1.807) is 6.92 Å². The summed E-state index contributed by atoms with van der Waals surface area (Å²) in [6, 6.07) is 15.2. The number of hydrogen-bond acceptors (Lipinski definition) is 2. The van der Waals surface area contributed by atoms with Gasteiger partial charge in [0.2, 0.25) is 5.91 Å². The van der Waals surface area contributed by atoms with Crippen LogP contribution in [-0.4, -0.2) is 5.91 Å². The lowest BCUT2D eigenvalue weighted by Gasteiger charge is -2.18. The van der Waals surface area contributed by atoms with Gasteiger partial charge in [-0.15, -0.1) is 11.3 Å². The molecule has 1 radical (unpaired) electrons. The van der Waals surface area contributed by atoms with Gasteiger partial charge in [-0.05, 0) is 55.7 Å². The Kier molecular flexibility index (Phi) is 8.20. The summed E-state index contributed by atoms with van der Waals surface area (Å²) in [6.07, 6.45) is 6.91. The van der Waals surface area contributed by atoms with Crippen LogP contribution in [0.4, 0.5) is 0 Å². The second-order valence-electron chi connectivity index (χ2n) is 6.94. The molecule has 0 aliphatic rings. The minimum absolute atomic E-state index is 0.0292. The number of amides is 1. The average Bonchev–Trinajstić information content (AvgIpc) is 3.03. The number of nitrogens with one attached hydrogen (secondary N) is 1. The Hall–Kier alpha value is -1.61. The number of benzene rings is 1. The van der Waals surface area contributed by atoms with Crippen molar-refractivity contribution in [1.82, 2.24) is 5.32 Å². The van der Waals surface area contributed by atoms with Gasteiger partial charge in [0.1, 0.15) is 0 Å². The van der Waals surface area contributed by atoms with Crippen LogP contribution in [0.3, 0.4) is 0 Å². The minimum atomic E-state index is 0.0292. The number of thiophene rings is 1. The van der Waals surface area contributed by atoms with Gasteiger partial charge in [0.15, 0.2) is 0 Å². The van der Waals surface area contributed by atoms with Gasteiger partial charge in [0.25, 0.3) is 0 Å². The standard InChI is InChI=1S/C22H30NOS/c1-17(2)16-21(23-18(3)24)22-15-14-20(25-22)13-9-5-8-12-19-10-6-4-7-11-19/h4,6-7,10-11,14-15,17,21H,1,5,8-9,12-13,16H2,2-3H3,(H,23,24). The highest BCUT2D eigenvalue weighted by atomic mass is 32.1. The summed E-state index contributed by atoms with van der Waals surface area (Å²) in [5.74, 6) is 0.349. The van der Waals surface area contributed by atoms with Gasteiger partial charge < -0.3 is 5.32 Å². The predicted octanol–water partition coefficient (Wildman–Crippen LogP) is 5.74. The van der Waals surface area contributed by atoms with Crippen LogP contribution in [0.25, 0.3) is 0 Å². The van der Waals surface area contributed by atoms with Gasteiger partial charge in [-0.3, -0.25) is 4.79 Å². The number of aryl methyl sites for hydroxylation is 2. The van der Waals surface area contributed by atoms with Crippen LogP contribution in [0.2, 0.25) is 0 Å². The van der Waals surface area contributed by atoms with Crippen molar-refractivity contribution in [3.05, 3.63) is 64.7 Å². The van der Waals surface area contributed by atoms with Crippen molar-refractivity contribution in [3.8, 4) is 0 Å². The Morgan fingerprint density at radius 2 is 1.80 bits per heavy atom. The third kappa shape index (κ3) is 7.43. The maximum atomic E-state index is 11.4. The molecule has 3 heteroatoms. The Labute approximate surface area is 156 Å². The molecule has 135 valence electrons. The third-order valence-electron chi connectivity index (χ3n) is 4.27. The molecule has 0 saturated heterocycles. The number of rotatable bonds is 10. The SMILES string of the molecule is [CH2]C(C)CC(NC(C)=O)c1ccc(CCCCCc2ccccc2)s1. The molecule has 2 aromatic rings. The third-order valence-corrected chi connectivity index (χ3v) is 5.53. The summed E-state index contributed by atoms with van der Waals surface area (Å²) in [7, 11) is 0. The van der Waals surface area contributed by atoms with Crippen molar-refractivity contribution >= 4 is 17.2 Å². The van der Waals surface area contributed by atoms with E-state index in [9.17, 15) is 4.79 Å². The smallest absolute Gasteiger partial charge is 0.217 e. The summed E-state index contributed by atoms with van der Waals surface area (Å²) in [5, 5.41) is 3.07. The Balaban J connectivity index is 1.76. The first-order valence-electron chi connectivity index (χ1n) is 9.27. The molecule has 0 spiro atoms. The second-order valence-corrected chi connectivity index (χ2v) is 8.14. The summed E-state index contributed by atoms with van der Waals surface area (Å²) in [4.78, 5) is 14.1. The molecule has 1 heterocycles. The molecular weight excluding hydrogens is 326 g/mol. The fourth-order valence-electron chi connectivity index (χ4n) is 3.06. The predicted molar refractivity (Wildman–Crippen MR) is 108 cm³/mol. The number of carbonyl (C=O) groups is 1. The number of carbonyl (C=O) groups excluding carboxylic acids is 1. The summed E-state index contributed by atoms with van der Waals surface area (Å²) in [5.41, 5.74) is 1.43. The molecule has 2 unspecified atom stereocenters. The fraction of sp³-hybridized carbons (Fsp3) is 0.455. The molecular formula is C22H30NOS. The molecule has 0 aliphatic carbocycles. The highest BCUT2D eigenvalue weighted by molar-refractivity contribution is 7.12. The van der Waals surface area contributed by atoms with Crippen LogP contribution in [0.15, 0.2) is 42.5 Å². The monoisotopic (exact) mass is 356 g/mol. The minimum Gasteiger partial charge on any atom is -0.349 e. The van der Waals surface area contributed by atoms with E-state index in [0.29, 0.717) is 5.92 Å². The Morgan fingerprint density at radius 1 is 1.08 bits per heavy atom. The first kappa shape index (κ1) is 19.7. The van der Waals surface area contributed by atoms with Crippen molar-refractivity contribution in [2.75, 3.05) is 0 Å². The molecule has 1 amide bonds. The topological polar surface area (TPSA) is 29.1 Å². The zero-order chi connectivity index (χ0) is 18.1. The molecule has 0 fully saturated rings. The molecule has 1 aromatic heterocycles. The lowest BCUT2D eigenvalue weighted by molar-refractivity contribution is -0.119. The number of hydrogen-bond donors (Lipinski definition) is 1. The average molecular weight is 357 g/mol. The van der Waals surface area contributed by atoms with E-state index in [1.165, 1.54) is 41.0 Å². The first-order chi connectivity index (χ1) is 12.0. The van der Waals surface area contributed by atoms with E-state index in [-0.39, 0.29) is 11.9 Å². The molecule has 2 atom stereocenters. The van der Waals surface area contributed by atoms with Crippen molar-refractivity contribution < 1.29 is 4.79 Å². The maximum Gasteiger partial charge on any atom is 0.217 e. The van der Waals surface area contributed by atoms with E-state index in [4.69, 9.17) is 0 Å². The zero-order valence-electron chi connectivity index (χ0n) is 15.5. The van der Waals surface area contributed by atoms with Crippen molar-refractivity contribution in [3.63, 3.8) is 0 Å². The van der Waals surface area contributed by atoms with Crippen LogP contribution >= 0.6 is 11.3 Å². The van der Waals surface area contributed by atoms with Gasteiger partial charge in [0.05, 0.1) is 6.04 Å².